The van der Waals surface area contributed by atoms with Crippen molar-refractivity contribution in [3.63, 3.8) is 0 Å². The first-order chi connectivity index (χ1) is 13.2. The first-order valence-corrected chi connectivity index (χ1v) is 9.30. The zero-order valence-electron chi connectivity index (χ0n) is 15.7. The van der Waals surface area contributed by atoms with Crippen molar-refractivity contribution in [2.75, 3.05) is 13.2 Å². The Balaban J connectivity index is 1.44. The Morgan fingerprint density at radius 3 is 2.52 bits per heavy atom. The molecule has 3 rings (SSSR count). The number of para-hydroxylation sites is 3. The van der Waals surface area contributed by atoms with Gasteiger partial charge in [0.15, 0.2) is 11.5 Å². The van der Waals surface area contributed by atoms with E-state index < -0.39 is 0 Å². The molecule has 0 aliphatic carbocycles. The summed E-state index contributed by atoms with van der Waals surface area (Å²) in [6.45, 7) is 4.90. The minimum Gasteiger partial charge on any atom is -0.490 e. The lowest BCUT2D eigenvalue weighted by Gasteiger charge is -2.13. The van der Waals surface area contributed by atoms with Gasteiger partial charge in [0.25, 0.3) is 0 Å². The number of fused-ring (bicyclic) bond motifs is 1. The van der Waals surface area contributed by atoms with E-state index in [4.69, 9.17) is 13.9 Å². The lowest BCUT2D eigenvalue weighted by atomic mass is 10.2. The lowest BCUT2D eigenvalue weighted by molar-refractivity contribution is -0.122. The number of hydrogen-bond donors (Lipinski definition) is 1. The Hall–Kier alpha value is -2.95. The van der Waals surface area contributed by atoms with Gasteiger partial charge in [-0.15, -0.1) is 0 Å². The second-order valence-corrected chi connectivity index (χ2v) is 6.31. The molecule has 0 aliphatic heterocycles. The summed E-state index contributed by atoms with van der Waals surface area (Å²) in [7, 11) is 0. The van der Waals surface area contributed by atoms with Crippen molar-refractivity contribution in [1.82, 2.24) is 5.32 Å². The maximum absolute atomic E-state index is 12.2. The minimum absolute atomic E-state index is 0.0235. The van der Waals surface area contributed by atoms with E-state index in [0.717, 1.165) is 22.5 Å². The van der Waals surface area contributed by atoms with Crippen LogP contribution in [-0.2, 0) is 4.79 Å². The molecule has 0 radical (unpaired) electrons. The van der Waals surface area contributed by atoms with E-state index in [1.165, 1.54) is 0 Å². The second kappa shape index (κ2) is 9.12. The van der Waals surface area contributed by atoms with Crippen molar-refractivity contribution in [1.29, 1.82) is 0 Å². The monoisotopic (exact) mass is 367 g/mol. The summed E-state index contributed by atoms with van der Waals surface area (Å²) < 4.78 is 17.1. The molecule has 5 nitrogen and oxygen atoms in total. The van der Waals surface area contributed by atoms with E-state index in [-0.39, 0.29) is 11.9 Å². The summed E-state index contributed by atoms with van der Waals surface area (Å²) in [6, 6.07) is 17.2. The van der Waals surface area contributed by atoms with Crippen LogP contribution in [0.2, 0.25) is 0 Å². The second-order valence-electron chi connectivity index (χ2n) is 6.31. The molecule has 0 fully saturated rings. The Kier molecular flexibility index (Phi) is 6.36. The van der Waals surface area contributed by atoms with Gasteiger partial charge in [-0.1, -0.05) is 30.3 Å². The molecule has 1 amide bonds. The van der Waals surface area contributed by atoms with Crippen molar-refractivity contribution >= 4 is 16.9 Å². The molecule has 0 spiro atoms. The third kappa shape index (κ3) is 5.03. The van der Waals surface area contributed by atoms with Crippen LogP contribution >= 0.6 is 0 Å². The number of rotatable bonds is 9. The maximum Gasteiger partial charge on any atom is 0.220 e. The summed E-state index contributed by atoms with van der Waals surface area (Å²) in [5, 5.41) is 4.01. The van der Waals surface area contributed by atoms with Crippen molar-refractivity contribution in [2.45, 2.75) is 32.7 Å². The van der Waals surface area contributed by atoms with E-state index in [2.05, 4.69) is 5.32 Å². The molecule has 27 heavy (non-hydrogen) atoms. The van der Waals surface area contributed by atoms with Gasteiger partial charge in [0.05, 0.1) is 19.3 Å². The molecular formula is C22H25NO4. The van der Waals surface area contributed by atoms with Crippen LogP contribution in [0.3, 0.4) is 0 Å². The van der Waals surface area contributed by atoms with Gasteiger partial charge < -0.3 is 19.2 Å². The predicted octanol–water partition coefficient (Wildman–Crippen LogP) is 4.87. The zero-order valence-corrected chi connectivity index (χ0v) is 15.7. The van der Waals surface area contributed by atoms with Gasteiger partial charge in [-0.2, -0.15) is 0 Å². The summed E-state index contributed by atoms with van der Waals surface area (Å²) >= 11 is 0. The molecule has 0 saturated heterocycles. The molecule has 142 valence electrons. The molecule has 0 aliphatic rings. The van der Waals surface area contributed by atoms with Gasteiger partial charge in [-0.25, -0.2) is 0 Å². The Labute approximate surface area is 159 Å². The first-order valence-electron chi connectivity index (χ1n) is 9.30. The number of ether oxygens (including phenoxy) is 2. The van der Waals surface area contributed by atoms with Gasteiger partial charge >= 0.3 is 0 Å². The summed E-state index contributed by atoms with van der Waals surface area (Å²) in [6.07, 6.45) is 1.01. The fraction of sp³-hybridized carbons (Fsp3) is 0.318. The molecule has 1 aromatic heterocycles. The van der Waals surface area contributed by atoms with Crippen LogP contribution in [0.1, 0.15) is 38.5 Å². The molecule has 2 aromatic carbocycles. The highest BCUT2D eigenvalue weighted by molar-refractivity contribution is 5.79. The van der Waals surface area contributed by atoms with Crippen LogP contribution < -0.4 is 14.8 Å². The van der Waals surface area contributed by atoms with E-state index in [1.807, 2.05) is 68.4 Å². The number of hydrogen-bond acceptors (Lipinski definition) is 4. The highest BCUT2D eigenvalue weighted by Crippen LogP contribution is 2.26. The number of amides is 1. The lowest BCUT2D eigenvalue weighted by Crippen LogP contribution is -2.26. The van der Waals surface area contributed by atoms with Crippen LogP contribution in [-0.4, -0.2) is 19.1 Å². The zero-order chi connectivity index (χ0) is 19.1. The number of carbonyl (C=O) groups is 1. The summed E-state index contributed by atoms with van der Waals surface area (Å²) in [5.41, 5.74) is 0.829. The SMILES string of the molecule is CCOc1ccccc1OCCCC(=O)N[C@H](C)c1cc2ccccc2o1. The van der Waals surface area contributed by atoms with Gasteiger partial charge in [0, 0.05) is 11.8 Å². The van der Waals surface area contributed by atoms with Crippen LogP contribution in [0.25, 0.3) is 11.0 Å². The Morgan fingerprint density at radius 2 is 1.78 bits per heavy atom. The maximum atomic E-state index is 12.2. The van der Waals surface area contributed by atoms with Crippen molar-refractivity contribution in [3.05, 3.63) is 60.4 Å². The molecular weight excluding hydrogens is 342 g/mol. The number of carbonyl (C=O) groups excluding carboxylic acids is 1. The van der Waals surface area contributed by atoms with Crippen LogP contribution in [0.15, 0.2) is 59.0 Å². The molecule has 5 heteroatoms. The topological polar surface area (TPSA) is 60.7 Å². The molecule has 0 saturated carbocycles. The van der Waals surface area contributed by atoms with Crippen molar-refractivity contribution < 1.29 is 18.7 Å². The largest absolute Gasteiger partial charge is 0.490 e. The normalized spacial score (nSPS) is 11.9. The van der Waals surface area contributed by atoms with Gasteiger partial charge in [0.1, 0.15) is 11.3 Å². The van der Waals surface area contributed by atoms with E-state index in [0.29, 0.717) is 31.8 Å². The van der Waals surface area contributed by atoms with Gasteiger partial charge in [-0.05, 0) is 44.5 Å². The molecule has 1 heterocycles. The fourth-order valence-electron chi connectivity index (χ4n) is 2.86. The summed E-state index contributed by atoms with van der Waals surface area (Å²) in [5.74, 6) is 2.16. The molecule has 0 bridgehead atoms. The number of nitrogens with one attached hydrogen (secondary N) is 1. The molecule has 3 aromatic rings. The molecule has 1 atom stereocenters. The predicted molar refractivity (Wildman–Crippen MR) is 105 cm³/mol. The van der Waals surface area contributed by atoms with E-state index in [9.17, 15) is 4.79 Å². The third-order valence-electron chi connectivity index (χ3n) is 4.20. The van der Waals surface area contributed by atoms with E-state index in [1.54, 1.807) is 0 Å². The smallest absolute Gasteiger partial charge is 0.220 e. The van der Waals surface area contributed by atoms with Crippen LogP contribution in [0, 0.1) is 0 Å². The molecule has 0 unspecified atom stereocenters. The standard InChI is InChI=1S/C22H25NO4/c1-3-25-19-11-6-7-12-20(19)26-14-8-13-22(24)23-16(2)21-15-17-9-4-5-10-18(17)27-21/h4-7,9-12,15-16H,3,8,13-14H2,1-2H3,(H,23,24)/t16-/m1/s1. The first kappa shape index (κ1) is 18.8. The highest BCUT2D eigenvalue weighted by Gasteiger charge is 2.14. The van der Waals surface area contributed by atoms with E-state index >= 15 is 0 Å². The average molecular weight is 367 g/mol. The number of benzene rings is 2. The quantitative estimate of drug-likeness (QED) is 0.548. The number of furan rings is 1. The minimum atomic E-state index is -0.176. The van der Waals surface area contributed by atoms with Crippen molar-refractivity contribution in [2.24, 2.45) is 0 Å². The summed E-state index contributed by atoms with van der Waals surface area (Å²) in [4.78, 5) is 12.2. The Morgan fingerprint density at radius 1 is 1.07 bits per heavy atom. The van der Waals surface area contributed by atoms with Gasteiger partial charge in [0.2, 0.25) is 5.91 Å². The van der Waals surface area contributed by atoms with Crippen molar-refractivity contribution in [3.8, 4) is 11.5 Å². The van der Waals surface area contributed by atoms with Crippen LogP contribution in [0.5, 0.6) is 11.5 Å². The Bertz CT molecular complexity index is 854. The van der Waals surface area contributed by atoms with Crippen LogP contribution in [0.4, 0.5) is 0 Å². The highest BCUT2D eigenvalue weighted by atomic mass is 16.5. The average Bonchev–Trinajstić information content (AvgIpc) is 3.11. The third-order valence-corrected chi connectivity index (χ3v) is 4.20. The molecule has 1 N–H and O–H groups in total. The van der Waals surface area contributed by atoms with Gasteiger partial charge in [-0.3, -0.25) is 4.79 Å². The fourth-order valence-corrected chi connectivity index (χ4v) is 2.86.